The molecule has 1 atom stereocenters. The number of halogens is 2. The molecule has 1 aliphatic heterocycles. The molecule has 1 N–H and O–H groups in total. The highest BCUT2D eigenvalue weighted by Gasteiger charge is 2.32. The number of anilines is 1. The number of carbonyl (C=O) groups is 1. The lowest BCUT2D eigenvalue weighted by molar-refractivity contribution is 0.0825. The van der Waals surface area contributed by atoms with E-state index in [2.05, 4.69) is 5.32 Å². The van der Waals surface area contributed by atoms with E-state index < -0.39 is 23.0 Å². The van der Waals surface area contributed by atoms with Crippen molar-refractivity contribution in [2.75, 3.05) is 39.1 Å². The average molecular weight is 404 g/mol. The molecule has 1 saturated heterocycles. The zero-order valence-electron chi connectivity index (χ0n) is 17.0. The van der Waals surface area contributed by atoms with Crippen molar-refractivity contribution in [1.29, 1.82) is 0 Å². The second-order valence-corrected chi connectivity index (χ2v) is 8.20. The third-order valence-electron chi connectivity index (χ3n) is 5.91. The minimum absolute atomic E-state index is 0.0195. The standard InChI is InChI=1S/C21H26F2N4O2/c1-24-12-5-4-8-26(10-12)19-16(22)9-14-18(17(19)23)27(13-6-7-13)11-15(20(14)28)21(29)25(2)3/h9,11-13,24H,4-8,10H2,1-3H3. The third kappa shape index (κ3) is 3.39. The Morgan fingerprint density at radius 2 is 1.97 bits per heavy atom. The van der Waals surface area contributed by atoms with Gasteiger partial charge in [0.05, 0.1) is 10.9 Å². The molecular formula is C21H26F2N4O2. The van der Waals surface area contributed by atoms with Crippen LogP contribution in [0, 0.1) is 11.6 Å². The van der Waals surface area contributed by atoms with Gasteiger partial charge in [-0.25, -0.2) is 8.78 Å². The Balaban J connectivity index is 1.94. The molecule has 1 aromatic carbocycles. The van der Waals surface area contributed by atoms with E-state index in [-0.39, 0.29) is 34.2 Å². The van der Waals surface area contributed by atoms with Crippen molar-refractivity contribution in [2.24, 2.45) is 0 Å². The van der Waals surface area contributed by atoms with Crippen molar-refractivity contribution >= 4 is 22.5 Å². The molecule has 29 heavy (non-hydrogen) atoms. The maximum absolute atomic E-state index is 15.7. The van der Waals surface area contributed by atoms with Gasteiger partial charge in [-0.2, -0.15) is 0 Å². The predicted octanol–water partition coefficient (Wildman–Crippen LogP) is 2.50. The van der Waals surface area contributed by atoms with E-state index in [1.165, 1.54) is 11.1 Å². The molecule has 1 aromatic heterocycles. The van der Waals surface area contributed by atoms with Crippen molar-refractivity contribution < 1.29 is 13.6 Å². The van der Waals surface area contributed by atoms with Gasteiger partial charge in [0.15, 0.2) is 5.82 Å². The summed E-state index contributed by atoms with van der Waals surface area (Å²) in [5.41, 5.74) is -0.686. The van der Waals surface area contributed by atoms with Crippen LogP contribution >= 0.6 is 0 Å². The minimum atomic E-state index is -0.763. The fourth-order valence-corrected chi connectivity index (χ4v) is 4.17. The van der Waals surface area contributed by atoms with Gasteiger partial charge in [-0.3, -0.25) is 9.59 Å². The molecule has 1 amide bonds. The van der Waals surface area contributed by atoms with Crippen LogP contribution in [0.3, 0.4) is 0 Å². The fourth-order valence-electron chi connectivity index (χ4n) is 4.17. The van der Waals surface area contributed by atoms with Gasteiger partial charge in [0.2, 0.25) is 5.43 Å². The number of piperidine rings is 1. The van der Waals surface area contributed by atoms with Crippen molar-refractivity contribution in [3.8, 4) is 0 Å². The molecule has 2 aromatic rings. The summed E-state index contributed by atoms with van der Waals surface area (Å²) in [5, 5.41) is 3.10. The molecule has 2 fully saturated rings. The number of benzene rings is 1. The van der Waals surface area contributed by atoms with Crippen LogP contribution in [0.5, 0.6) is 0 Å². The molecule has 8 heteroatoms. The molecule has 1 unspecified atom stereocenters. The SMILES string of the molecule is CNC1CCCN(c2c(F)cc3c(=O)c(C(=O)N(C)C)cn(C4CC4)c3c2F)C1. The number of likely N-dealkylation sites (N-methyl/N-ethyl adjacent to an activating group) is 1. The monoisotopic (exact) mass is 404 g/mol. The Morgan fingerprint density at radius 3 is 2.59 bits per heavy atom. The number of carbonyl (C=O) groups excluding carboxylic acids is 1. The summed E-state index contributed by atoms with van der Waals surface area (Å²) in [6.45, 7) is 1.06. The third-order valence-corrected chi connectivity index (χ3v) is 5.91. The van der Waals surface area contributed by atoms with Crippen LogP contribution in [-0.2, 0) is 0 Å². The molecule has 6 nitrogen and oxygen atoms in total. The van der Waals surface area contributed by atoms with Gasteiger partial charge in [0.1, 0.15) is 17.1 Å². The first-order valence-corrected chi connectivity index (χ1v) is 10.0. The van der Waals surface area contributed by atoms with Crippen LogP contribution in [-0.4, -0.2) is 55.6 Å². The van der Waals surface area contributed by atoms with Gasteiger partial charge in [-0.15, -0.1) is 0 Å². The van der Waals surface area contributed by atoms with E-state index in [1.807, 2.05) is 7.05 Å². The second-order valence-electron chi connectivity index (χ2n) is 8.20. The zero-order chi connectivity index (χ0) is 20.9. The van der Waals surface area contributed by atoms with E-state index in [9.17, 15) is 9.59 Å². The van der Waals surface area contributed by atoms with Crippen LogP contribution in [0.15, 0.2) is 17.1 Å². The molecule has 1 aliphatic carbocycles. The largest absolute Gasteiger partial charge is 0.365 e. The van der Waals surface area contributed by atoms with Crippen molar-refractivity contribution in [3.63, 3.8) is 0 Å². The molecular weight excluding hydrogens is 378 g/mol. The first-order valence-electron chi connectivity index (χ1n) is 10.0. The molecule has 2 aliphatic rings. The number of nitrogens with zero attached hydrogens (tertiary/aromatic N) is 3. The molecule has 156 valence electrons. The Bertz CT molecular complexity index is 1030. The predicted molar refractivity (Wildman–Crippen MR) is 109 cm³/mol. The highest BCUT2D eigenvalue weighted by Crippen LogP contribution is 2.40. The number of hydrogen-bond acceptors (Lipinski definition) is 4. The van der Waals surface area contributed by atoms with Crippen LogP contribution in [0.2, 0.25) is 0 Å². The van der Waals surface area contributed by atoms with Gasteiger partial charge < -0.3 is 19.7 Å². The molecule has 1 saturated carbocycles. The maximum atomic E-state index is 15.7. The van der Waals surface area contributed by atoms with Crippen molar-refractivity contribution in [1.82, 2.24) is 14.8 Å². The molecule has 0 spiro atoms. The summed E-state index contributed by atoms with van der Waals surface area (Å²) in [6.07, 6.45) is 4.90. The number of pyridine rings is 1. The van der Waals surface area contributed by atoms with Gasteiger partial charge in [0.25, 0.3) is 5.91 Å². The van der Waals surface area contributed by atoms with E-state index in [0.29, 0.717) is 13.1 Å². The van der Waals surface area contributed by atoms with Gasteiger partial charge in [-0.05, 0) is 38.8 Å². The summed E-state index contributed by atoms with van der Waals surface area (Å²) in [7, 11) is 4.94. The molecule has 0 bridgehead atoms. The highest BCUT2D eigenvalue weighted by atomic mass is 19.1. The topological polar surface area (TPSA) is 57.6 Å². The van der Waals surface area contributed by atoms with Crippen LogP contribution in [0.4, 0.5) is 14.5 Å². The Morgan fingerprint density at radius 1 is 1.24 bits per heavy atom. The first kappa shape index (κ1) is 19.8. The number of nitrogens with one attached hydrogen (secondary N) is 1. The van der Waals surface area contributed by atoms with Crippen molar-refractivity contribution in [3.05, 3.63) is 39.7 Å². The summed E-state index contributed by atoms with van der Waals surface area (Å²) in [6, 6.07) is 1.28. The minimum Gasteiger partial charge on any atom is -0.365 e. The lowest BCUT2D eigenvalue weighted by Crippen LogP contribution is -2.45. The smallest absolute Gasteiger partial charge is 0.258 e. The Kier molecular flexibility index (Phi) is 5.06. The second kappa shape index (κ2) is 7.40. The summed E-state index contributed by atoms with van der Waals surface area (Å²) in [5.74, 6) is -1.95. The molecule has 4 rings (SSSR count). The lowest BCUT2D eigenvalue weighted by atomic mass is 10.0. The zero-order valence-corrected chi connectivity index (χ0v) is 17.0. The molecule has 2 heterocycles. The van der Waals surface area contributed by atoms with Gasteiger partial charge in [-0.1, -0.05) is 0 Å². The Hall–Kier alpha value is -2.48. The summed E-state index contributed by atoms with van der Waals surface area (Å²) >= 11 is 0. The van der Waals surface area contributed by atoms with Crippen molar-refractivity contribution in [2.45, 2.75) is 37.8 Å². The van der Waals surface area contributed by atoms with E-state index in [1.54, 1.807) is 23.6 Å². The number of rotatable bonds is 4. The quantitative estimate of drug-likeness (QED) is 0.851. The van der Waals surface area contributed by atoms with E-state index in [0.717, 1.165) is 31.7 Å². The van der Waals surface area contributed by atoms with Crippen LogP contribution < -0.4 is 15.6 Å². The van der Waals surface area contributed by atoms with Crippen LogP contribution in [0.1, 0.15) is 42.1 Å². The van der Waals surface area contributed by atoms with E-state index >= 15 is 8.78 Å². The lowest BCUT2D eigenvalue weighted by Gasteiger charge is -2.35. The number of hydrogen-bond donors (Lipinski definition) is 1. The van der Waals surface area contributed by atoms with Crippen LogP contribution in [0.25, 0.3) is 10.9 Å². The maximum Gasteiger partial charge on any atom is 0.258 e. The van der Waals surface area contributed by atoms with Gasteiger partial charge >= 0.3 is 0 Å². The average Bonchev–Trinajstić information content (AvgIpc) is 3.53. The highest BCUT2D eigenvalue weighted by molar-refractivity contribution is 5.97. The van der Waals surface area contributed by atoms with E-state index in [4.69, 9.17) is 0 Å². The van der Waals surface area contributed by atoms with Gasteiger partial charge in [0, 0.05) is 45.5 Å². The summed E-state index contributed by atoms with van der Waals surface area (Å²) < 4.78 is 32.4. The normalized spacial score (nSPS) is 19.6. The number of amides is 1. The molecule has 0 radical (unpaired) electrons. The first-order chi connectivity index (χ1) is 13.8. The number of fused-ring (bicyclic) bond motifs is 1. The Labute approximate surface area is 168 Å². The summed E-state index contributed by atoms with van der Waals surface area (Å²) in [4.78, 5) is 28.4. The fraction of sp³-hybridized carbons (Fsp3) is 0.524. The number of aromatic nitrogens is 1.